The molecule has 1 aromatic rings. The molecular formula is C15H19BrN4O4S. The summed E-state index contributed by atoms with van der Waals surface area (Å²) < 4.78 is 27.4. The number of halogens is 1. The Labute approximate surface area is 154 Å². The van der Waals surface area contributed by atoms with E-state index in [1.807, 2.05) is 4.90 Å². The quantitative estimate of drug-likeness (QED) is 0.741. The first kappa shape index (κ1) is 18.3. The van der Waals surface area contributed by atoms with Crippen LogP contribution in [-0.2, 0) is 14.8 Å². The highest BCUT2D eigenvalue weighted by Gasteiger charge is 2.32. The van der Waals surface area contributed by atoms with Gasteiger partial charge >= 0.3 is 6.03 Å². The Morgan fingerprint density at radius 2 is 1.80 bits per heavy atom. The summed E-state index contributed by atoms with van der Waals surface area (Å²) in [6.07, 6.45) is 0. The first-order chi connectivity index (χ1) is 11.9. The van der Waals surface area contributed by atoms with E-state index in [1.165, 1.54) is 9.21 Å². The summed E-state index contributed by atoms with van der Waals surface area (Å²) in [5.41, 5.74) is 0. The second-order valence-corrected chi connectivity index (χ2v) is 8.65. The Hall–Kier alpha value is -1.49. The van der Waals surface area contributed by atoms with Gasteiger partial charge in [-0.05, 0) is 28.1 Å². The van der Waals surface area contributed by atoms with Crippen molar-refractivity contribution < 1.29 is 18.0 Å². The van der Waals surface area contributed by atoms with Crippen molar-refractivity contribution in [3.63, 3.8) is 0 Å². The van der Waals surface area contributed by atoms with E-state index in [4.69, 9.17) is 0 Å². The molecule has 136 valence electrons. The summed E-state index contributed by atoms with van der Waals surface area (Å²) in [7, 11) is -3.57. The van der Waals surface area contributed by atoms with Crippen LogP contribution >= 0.6 is 15.9 Å². The van der Waals surface area contributed by atoms with Crippen molar-refractivity contribution in [2.45, 2.75) is 4.90 Å². The molecular weight excluding hydrogens is 412 g/mol. The van der Waals surface area contributed by atoms with Gasteiger partial charge in [0.1, 0.15) is 0 Å². The van der Waals surface area contributed by atoms with Gasteiger partial charge < -0.3 is 5.32 Å². The number of hydrogen-bond acceptors (Lipinski definition) is 5. The van der Waals surface area contributed by atoms with Crippen molar-refractivity contribution in [2.75, 3.05) is 45.8 Å². The number of urea groups is 1. The molecule has 0 aromatic heterocycles. The molecule has 0 unspecified atom stereocenters. The summed E-state index contributed by atoms with van der Waals surface area (Å²) in [6.45, 7) is 2.50. The highest BCUT2D eigenvalue weighted by Crippen LogP contribution is 2.25. The second-order valence-electron chi connectivity index (χ2n) is 5.89. The molecule has 2 saturated heterocycles. The van der Waals surface area contributed by atoms with Crippen molar-refractivity contribution in [1.82, 2.24) is 19.4 Å². The Bertz CT molecular complexity index is 777. The molecule has 2 fully saturated rings. The normalized spacial score (nSPS) is 19.9. The molecule has 10 heteroatoms. The lowest BCUT2D eigenvalue weighted by Gasteiger charge is -2.34. The molecule has 0 bridgehead atoms. The molecule has 1 N–H and O–H groups in total. The molecule has 0 atom stereocenters. The third-order valence-electron chi connectivity index (χ3n) is 4.30. The van der Waals surface area contributed by atoms with Crippen LogP contribution in [0.3, 0.4) is 0 Å². The van der Waals surface area contributed by atoms with E-state index < -0.39 is 10.0 Å². The summed E-state index contributed by atoms with van der Waals surface area (Å²) in [5, 5.41) is 2.59. The van der Waals surface area contributed by atoms with Crippen LogP contribution in [0.1, 0.15) is 0 Å². The maximum absolute atomic E-state index is 12.7. The molecule has 0 radical (unpaired) electrons. The fourth-order valence-corrected chi connectivity index (χ4v) is 5.29. The fraction of sp³-hybridized carbons (Fsp3) is 0.467. The number of carbonyl (C=O) groups excluding carboxylic acids is 2. The Balaban J connectivity index is 1.59. The number of hydrogen-bond donors (Lipinski definition) is 1. The summed E-state index contributed by atoms with van der Waals surface area (Å²) in [5.74, 6) is -0.253. The SMILES string of the molecule is O=C(CN1CCN(S(=O)(=O)c2ccccc2Br)CC1)N1CCNC1=O. The molecule has 2 heterocycles. The topological polar surface area (TPSA) is 90.0 Å². The molecule has 0 aliphatic carbocycles. The van der Waals surface area contributed by atoms with E-state index in [2.05, 4.69) is 21.2 Å². The average molecular weight is 431 g/mol. The van der Waals surface area contributed by atoms with Crippen LogP contribution in [0, 0.1) is 0 Å². The molecule has 8 nitrogen and oxygen atoms in total. The van der Waals surface area contributed by atoms with Crippen LogP contribution in [0.5, 0.6) is 0 Å². The predicted molar refractivity (Wildman–Crippen MR) is 94.5 cm³/mol. The summed E-state index contributed by atoms with van der Waals surface area (Å²) in [4.78, 5) is 27.0. The predicted octanol–water partition coefficient (Wildman–Crippen LogP) is 0.307. The number of imide groups is 1. The van der Waals surface area contributed by atoms with Gasteiger partial charge in [-0.2, -0.15) is 4.31 Å². The lowest BCUT2D eigenvalue weighted by Crippen LogP contribution is -2.51. The van der Waals surface area contributed by atoms with Gasteiger partial charge in [-0.1, -0.05) is 12.1 Å². The zero-order chi connectivity index (χ0) is 18.0. The lowest BCUT2D eigenvalue weighted by atomic mass is 10.3. The third-order valence-corrected chi connectivity index (χ3v) is 7.21. The first-order valence-corrected chi connectivity index (χ1v) is 10.2. The van der Waals surface area contributed by atoms with E-state index in [-0.39, 0.29) is 23.4 Å². The largest absolute Gasteiger partial charge is 0.336 e. The fourth-order valence-electron chi connectivity index (χ4n) is 2.91. The first-order valence-electron chi connectivity index (χ1n) is 7.95. The van der Waals surface area contributed by atoms with E-state index in [9.17, 15) is 18.0 Å². The minimum atomic E-state index is -3.57. The number of nitrogens with one attached hydrogen (secondary N) is 1. The number of amides is 3. The van der Waals surface area contributed by atoms with Crippen LogP contribution in [0.15, 0.2) is 33.6 Å². The number of piperazine rings is 1. The third kappa shape index (κ3) is 3.86. The lowest BCUT2D eigenvalue weighted by molar-refractivity contribution is -0.129. The summed E-state index contributed by atoms with van der Waals surface area (Å²) in [6, 6.07) is 6.36. The highest BCUT2D eigenvalue weighted by molar-refractivity contribution is 9.10. The molecule has 3 amide bonds. The van der Waals surface area contributed by atoms with Gasteiger partial charge in [-0.3, -0.25) is 14.6 Å². The maximum Gasteiger partial charge on any atom is 0.324 e. The van der Waals surface area contributed by atoms with Gasteiger partial charge in [-0.25, -0.2) is 13.2 Å². The Morgan fingerprint density at radius 3 is 2.40 bits per heavy atom. The molecule has 25 heavy (non-hydrogen) atoms. The van der Waals surface area contributed by atoms with Gasteiger partial charge in [0.05, 0.1) is 11.4 Å². The van der Waals surface area contributed by atoms with Gasteiger partial charge in [0.25, 0.3) is 0 Å². The minimum absolute atomic E-state index is 0.121. The van der Waals surface area contributed by atoms with Gasteiger partial charge in [0, 0.05) is 43.7 Å². The second kappa shape index (κ2) is 7.40. The Morgan fingerprint density at radius 1 is 1.12 bits per heavy atom. The number of carbonyl (C=O) groups is 2. The maximum atomic E-state index is 12.7. The van der Waals surface area contributed by atoms with Crippen molar-refractivity contribution in [2.24, 2.45) is 0 Å². The van der Waals surface area contributed by atoms with Crippen molar-refractivity contribution in [3.05, 3.63) is 28.7 Å². The van der Waals surface area contributed by atoms with Crippen molar-refractivity contribution >= 4 is 37.9 Å². The molecule has 0 spiro atoms. The van der Waals surface area contributed by atoms with E-state index >= 15 is 0 Å². The van der Waals surface area contributed by atoms with Gasteiger partial charge in [0.15, 0.2) is 0 Å². The van der Waals surface area contributed by atoms with Crippen LogP contribution < -0.4 is 5.32 Å². The molecule has 0 saturated carbocycles. The van der Waals surface area contributed by atoms with Crippen LogP contribution in [-0.4, -0.2) is 80.3 Å². The Kier molecular flexibility index (Phi) is 5.42. The summed E-state index contributed by atoms with van der Waals surface area (Å²) >= 11 is 3.28. The van der Waals surface area contributed by atoms with E-state index in [0.717, 1.165) is 0 Å². The molecule has 1 aromatic carbocycles. The number of benzene rings is 1. The number of rotatable bonds is 4. The van der Waals surface area contributed by atoms with E-state index in [0.29, 0.717) is 43.7 Å². The van der Waals surface area contributed by atoms with Crippen LogP contribution in [0.2, 0.25) is 0 Å². The highest BCUT2D eigenvalue weighted by atomic mass is 79.9. The molecule has 2 aliphatic rings. The number of nitrogens with zero attached hydrogens (tertiary/aromatic N) is 3. The monoisotopic (exact) mass is 430 g/mol. The molecule has 2 aliphatic heterocycles. The van der Waals surface area contributed by atoms with Gasteiger partial charge in [0.2, 0.25) is 15.9 Å². The zero-order valence-electron chi connectivity index (χ0n) is 13.5. The van der Waals surface area contributed by atoms with Crippen molar-refractivity contribution in [1.29, 1.82) is 0 Å². The minimum Gasteiger partial charge on any atom is -0.336 e. The standard InChI is InChI=1S/C15H19BrN4O4S/c16-12-3-1-2-4-13(12)25(23,24)19-9-7-18(8-10-19)11-14(21)20-6-5-17-15(20)22/h1-4H,5-11H2,(H,17,22). The van der Waals surface area contributed by atoms with Crippen LogP contribution in [0.4, 0.5) is 4.79 Å². The van der Waals surface area contributed by atoms with Gasteiger partial charge in [-0.15, -0.1) is 0 Å². The smallest absolute Gasteiger partial charge is 0.324 e. The molecule has 3 rings (SSSR count). The van der Waals surface area contributed by atoms with Crippen LogP contribution in [0.25, 0.3) is 0 Å². The average Bonchev–Trinajstić information content (AvgIpc) is 3.02. The van der Waals surface area contributed by atoms with E-state index in [1.54, 1.807) is 24.3 Å². The van der Waals surface area contributed by atoms with Crippen molar-refractivity contribution in [3.8, 4) is 0 Å². The number of sulfonamides is 1. The zero-order valence-corrected chi connectivity index (χ0v) is 15.9.